The maximum Gasteiger partial charge on any atom is 0.0708 e. The summed E-state index contributed by atoms with van der Waals surface area (Å²) < 4.78 is 0. The van der Waals surface area contributed by atoms with Crippen LogP contribution < -0.4 is 0 Å². The summed E-state index contributed by atoms with van der Waals surface area (Å²) in [5, 5.41) is 10.4. The summed E-state index contributed by atoms with van der Waals surface area (Å²) in [6.45, 7) is 7.41. The van der Waals surface area contributed by atoms with Gasteiger partial charge in [0, 0.05) is 30.6 Å². The molecule has 1 aromatic heterocycles. The highest BCUT2D eigenvalue weighted by molar-refractivity contribution is 5.85. The first kappa shape index (κ1) is 14.0. The number of likely N-dealkylation sites (N-methyl/N-ethyl adjacent to an activating group) is 1. The van der Waals surface area contributed by atoms with Gasteiger partial charge in [0.25, 0.3) is 0 Å². The van der Waals surface area contributed by atoms with Crippen LogP contribution in [-0.4, -0.2) is 23.0 Å². The molecule has 0 saturated carbocycles. The number of aryl methyl sites for hydroxylation is 1. The summed E-state index contributed by atoms with van der Waals surface area (Å²) in [4.78, 5) is 7.30. The zero-order valence-corrected chi connectivity index (χ0v) is 12.8. The van der Waals surface area contributed by atoms with E-state index in [4.69, 9.17) is 4.98 Å². The van der Waals surface area contributed by atoms with Gasteiger partial charge >= 0.3 is 0 Å². The number of rotatable bonds is 3. The molecular weight excluding hydrogens is 258 g/mol. The van der Waals surface area contributed by atoms with Gasteiger partial charge in [0.05, 0.1) is 18.0 Å². The van der Waals surface area contributed by atoms with E-state index in [2.05, 4.69) is 43.0 Å². The van der Waals surface area contributed by atoms with E-state index in [1.807, 2.05) is 0 Å². The van der Waals surface area contributed by atoms with E-state index < -0.39 is 0 Å². The summed E-state index contributed by atoms with van der Waals surface area (Å²) in [5.41, 5.74) is 6.05. The number of pyridine rings is 1. The summed E-state index contributed by atoms with van der Waals surface area (Å²) in [6, 6.07) is 8.84. The number of aromatic nitrogens is 1. The van der Waals surface area contributed by atoms with E-state index in [1.165, 1.54) is 27.8 Å². The average Bonchev–Trinajstić information content (AvgIpc) is 2.54. The van der Waals surface area contributed by atoms with Gasteiger partial charge in [-0.1, -0.05) is 19.9 Å². The van der Waals surface area contributed by atoms with Crippen LogP contribution in [-0.2, 0) is 25.8 Å². The quantitative estimate of drug-likeness (QED) is 0.866. The van der Waals surface area contributed by atoms with Crippen molar-refractivity contribution in [1.82, 2.24) is 9.88 Å². The van der Waals surface area contributed by atoms with Crippen molar-refractivity contribution in [1.29, 1.82) is 5.26 Å². The third-order valence-electron chi connectivity index (χ3n) is 4.51. The molecular formula is C18H21N3. The highest BCUT2D eigenvalue weighted by Crippen LogP contribution is 2.29. The van der Waals surface area contributed by atoms with Gasteiger partial charge in [0.1, 0.15) is 0 Å². The number of benzene rings is 1. The maximum atomic E-state index is 9.25. The van der Waals surface area contributed by atoms with E-state index in [0.29, 0.717) is 6.42 Å². The Morgan fingerprint density at radius 1 is 1.33 bits per heavy atom. The fourth-order valence-corrected chi connectivity index (χ4v) is 3.20. The minimum Gasteiger partial charge on any atom is -0.299 e. The number of nitriles is 1. The Bertz CT molecular complexity index is 712. The Balaban J connectivity index is 2.23. The highest BCUT2D eigenvalue weighted by atomic mass is 15.1. The molecule has 3 nitrogen and oxygen atoms in total. The van der Waals surface area contributed by atoms with Crippen molar-refractivity contribution in [2.45, 2.75) is 39.7 Å². The van der Waals surface area contributed by atoms with Gasteiger partial charge in [-0.3, -0.25) is 9.88 Å². The van der Waals surface area contributed by atoms with E-state index in [1.54, 1.807) is 0 Å². The van der Waals surface area contributed by atoms with Crippen LogP contribution in [0.1, 0.15) is 36.2 Å². The lowest BCUT2D eigenvalue weighted by molar-refractivity contribution is 0.265. The molecule has 108 valence electrons. The lowest BCUT2D eigenvalue weighted by Gasteiger charge is -2.29. The number of hydrogen-bond acceptors (Lipinski definition) is 3. The predicted octanol–water partition coefficient (Wildman–Crippen LogP) is 3.24. The summed E-state index contributed by atoms with van der Waals surface area (Å²) >= 11 is 0. The second-order valence-electron chi connectivity index (χ2n) is 5.67. The number of nitrogens with zero attached hydrogens (tertiary/aromatic N) is 3. The minimum absolute atomic E-state index is 0.478. The average molecular weight is 279 g/mol. The maximum absolute atomic E-state index is 9.25. The second kappa shape index (κ2) is 5.83. The third-order valence-corrected chi connectivity index (χ3v) is 4.51. The Morgan fingerprint density at radius 2 is 2.19 bits per heavy atom. The molecule has 0 saturated heterocycles. The Kier molecular flexibility index (Phi) is 3.90. The zero-order valence-electron chi connectivity index (χ0n) is 12.8. The first-order valence-corrected chi connectivity index (χ1v) is 7.79. The number of hydrogen-bond donors (Lipinski definition) is 0. The van der Waals surface area contributed by atoms with Gasteiger partial charge < -0.3 is 0 Å². The van der Waals surface area contributed by atoms with Crippen LogP contribution in [0, 0.1) is 11.3 Å². The van der Waals surface area contributed by atoms with Crippen LogP contribution in [0.25, 0.3) is 10.9 Å². The SMILES string of the molecule is CCc1ccc2nc3c(c(CC#N)c2c1)CN(CC)CC3. The molecule has 3 heteroatoms. The first-order valence-electron chi connectivity index (χ1n) is 7.79. The highest BCUT2D eigenvalue weighted by Gasteiger charge is 2.21. The number of fused-ring (bicyclic) bond motifs is 2. The molecule has 3 rings (SSSR count). The van der Waals surface area contributed by atoms with Gasteiger partial charge in [0.2, 0.25) is 0 Å². The van der Waals surface area contributed by atoms with Gasteiger partial charge in [-0.2, -0.15) is 5.26 Å². The lowest BCUT2D eigenvalue weighted by atomic mass is 9.93. The first-order chi connectivity index (χ1) is 10.3. The molecule has 2 aromatic rings. The zero-order chi connectivity index (χ0) is 14.8. The molecule has 0 spiro atoms. The van der Waals surface area contributed by atoms with Crippen LogP contribution in [0.5, 0.6) is 0 Å². The normalized spacial score (nSPS) is 14.9. The summed E-state index contributed by atoms with van der Waals surface area (Å²) in [5.74, 6) is 0. The Labute approximate surface area is 126 Å². The monoisotopic (exact) mass is 279 g/mol. The Morgan fingerprint density at radius 3 is 2.90 bits per heavy atom. The van der Waals surface area contributed by atoms with Crippen LogP contribution in [0.3, 0.4) is 0 Å². The van der Waals surface area contributed by atoms with Crippen molar-refractivity contribution in [3.05, 3.63) is 40.6 Å². The van der Waals surface area contributed by atoms with E-state index >= 15 is 0 Å². The fourth-order valence-electron chi connectivity index (χ4n) is 3.20. The van der Waals surface area contributed by atoms with Crippen molar-refractivity contribution in [2.24, 2.45) is 0 Å². The minimum atomic E-state index is 0.478. The van der Waals surface area contributed by atoms with E-state index in [-0.39, 0.29) is 0 Å². The fraction of sp³-hybridized carbons (Fsp3) is 0.444. The lowest BCUT2D eigenvalue weighted by Crippen LogP contribution is -2.31. The summed E-state index contributed by atoms with van der Waals surface area (Å²) in [7, 11) is 0. The molecule has 0 fully saturated rings. The molecule has 0 atom stereocenters. The van der Waals surface area contributed by atoms with Crippen LogP contribution in [0.2, 0.25) is 0 Å². The van der Waals surface area contributed by atoms with Crippen molar-refractivity contribution < 1.29 is 0 Å². The second-order valence-corrected chi connectivity index (χ2v) is 5.67. The summed E-state index contributed by atoms with van der Waals surface area (Å²) in [6.07, 6.45) is 2.49. The molecule has 0 amide bonds. The smallest absolute Gasteiger partial charge is 0.0708 e. The molecule has 21 heavy (non-hydrogen) atoms. The molecule has 2 heterocycles. The molecule has 0 radical (unpaired) electrons. The van der Waals surface area contributed by atoms with Gasteiger partial charge in [-0.15, -0.1) is 0 Å². The molecule has 1 aliphatic heterocycles. The van der Waals surface area contributed by atoms with Crippen LogP contribution in [0.15, 0.2) is 18.2 Å². The molecule has 0 bridgehead atoms. The molecule has 0 aliphatic carbocycles. The Hall–Kier alpha value is -1.92. The van der Waals surface area contributed by atoms with Crippen molar-refractivity contribution in [2.75, 3.05) is 13.1 Å². The van der Waals surface area contributed by atoms with Crippen LogP contribution >= 0.6 is 0 Å². The molecule has 0 N–H and O–H groups in total. The van der Waals surface area contributed by atoms with Gasteiger partial charge in [-0.05, 0) is 41.8 Å². The van der Waals surface area contributed by atoms with Crippen LogP contribution in [0.4, 0.5) is 0 Å². The topological polar surface area (TPSA) is 39.9 Å². The standard InChI is InChI=1S/C18H21N3/c1-3-13-5-6-17-15(11-13)14(7-9-19)16-12-21(4-2)10-8-18(16)20-17/h5-6,11H,3-4,7-8,10,12H2,1-2H3. The molecule has 1 aromatic carbocycles. The van der Waals surface area contributed by atoms with E-state index in [0.717, 1.165) is 38.0 Å². The van der Waals surface area contributed by atoms with Crippen molar-refractivity contribution in [3.63, 3.8) is 0 Å². The predicted molar refractivity (Wildman–Crippen MR) is 85.1 cm³/mol. The third kappa shape index (κ3) is 2.52. The van der Waals surface area contributed by atoms with Crippen molar-refractivity contribution >= 4 is 10.9 Å². The van der Waals surface area contributed by atoms with Gasteiger partial charge in [-0.25, -0.2) is 0 Å². The molecule has 0 unspecified atom stereocenters. The molecule has 1 aliphatic rings. The van der Waals surface area contributed by atoms with Crippen molar-refractivity contribution in [3.8, 4) is 6.07 Å². The van der Waals surface area contributed by atoms with E-state index in [9.17, 15) is 5.26 Å². The largest absolute Gasteiger partial charge is 0.299 e. The van der Waals surface area contributed by atoms with Gasteiger partial charge in [0.15, 0.2) is 0 Å².